The maximum atomic E-state index is 10.7. The Balaban J connectivity index is 3.67. The fourth-order valence-electron chi connectivity index (χ4n) is 1.26. The zero-order valence-electron chi connectivity index (χ0n) is 8.94. The second-order valence-electron chi connectivity index (χ2n) is 3.33. The van der Waals surface area contributed by atoms with E-state index in [1.54, 1.807) is 0 Å². The maximum absolute atomic E-state index is 10.7. The minimum absolute atomic E-state index is 0.286. The van der Waals surface area contributed by atoms with Gasteiger partial charge in [-0.2, -0.15) is 0 Å². The van der Waals surface area contributed by atoms with Gasteiger partial charge in [0.25, 0.3) is 0 Å². The molecule has 5 nitrogen and oxygen atoms in total. The molecule has 2 N–H and O–H groups in total. The van der Waals surface area contributed by atoms with Crippen LogP contribution in [0.3, 0.4) is 0 Å². The Hall–Kier alpha value is -0.883. The summed E-state index contributed by atoms with van der Waals surface area (Å²) in [7, 11) is -0.524. The molecule has 0 aliphatic heterocycles. The van der Waals surface area contributed by atoms with Crippen LogP contribution < -0.4 is 0 Å². The SMILES string of the molecule is CCO[SiH2]CCCC(CC(=O)O)C(=O)O. The molecule has 0 bridgehead atoms. The van der Waals surface area contributed by atoms with Crippen LogP contribution in [0.15, 0.2) is 0 Å². The van der Waals surface area contributed by atoms with Gasteiger partial charge < -0.3 is 14.6 Å². The van der Waals surface area contributed by atoms with Crippen molar-refractivity contribution in [3.63, 3.8) is 0 Å². The molecule has 0 saturated heterocycles. The molecule has 15 heavy (non-hydrogen) atoms. The van der Waals surface area contributed by atoms with Crippen molar-refractivity contribution in [2.75, 3.05) is 6.61 Å². The van der Waals surface area contributed by atoms with E-state index >= 15 is 0 Å². The van der Waals surface area contributed by atoms with Gasteiger partial charge in [-0.15, -0.1) is 0 Å². The first-order chi connectivity index (χ1) is 7.07. The van der Waals surface area contributed by atoms with Crippen molar-refractivity contribution in [1.29, 1.82) is 0 Å². The first-order valence-electron chi connectivity index (χ1n) is 5.10. The molecule has 0 fully saturated rings. The Labute approximate surface area is 91.4 Å². The summed E-state index contributed by atoms with van der Waals surface area (Å²) in [6.45, 7) is 2.64. The van der Waals surface area contributed by atoms with Crippen LogP contribution in [-0.4, -0.2) is 38.5 Å². The highest BCUT2D eigenvalue weighted by Gasteiger charge is 2.20. The summed E-state index contributed by atoms with van der Waals surface area (Å²) >= 11 is 0. The van der Waals surface area contributed by atoms with Crippen molar-refractivity contribution >= 4 is 21.7 Å². The van der Waals surface area contributed by atoms with E-state index in [1.807, 2.05) is 6.92 Å². The Bertz CT molecular complexity index is 207. The van der Waals surface area contributed by atoms with Crippen molar-refractivity contribution in [1.82, 2.24) is 0 Å². The van der Waals surface area contributed by atoms with E-state index in [1.165, 1.54) is 0 Å². The molecule has 0 spiro atoms. The van der Waals surface area contributed by atoms with Crippen molar-refractivity contribution in [3.05, 3.63) is 0 Å². The average molecular weight is 234 g/mol. The second kappa shape index (κ2) is 8.43. The third-order valence-electron chi connectivity index (χ3n) is 2.07. The van der Waals surface area contributed by atoms with Crippen LogP contribution in [0.5, 0.6) is 0 Å². The topological polar surface area (TPSA) is 83.8 Å². The summed E-state index contributed by atoms with van der Waals surface area (Å²) in [6.07, 6.45) is 0.893. The van der Waals surface area contributed by atoms with Crippen LogP contribution in [0.25, 0.3) is 0 Å². The Morgan fingerprint density at radius 3 is 2.53 bits per heavy atom. The molecule has 0 aromatic heterocycles. The van der Waals surface area contributed by atoms with Gasteiger partial charge in [0.2, 0.25) is 0 Å². The minimum atomic E-state index is -1.05. The summed E-state index contributed by atoms with van der Waals surface area (Å²) in [5.74, 6) is -2.82. The van der Waals surface area contributed by atoms with Gasteiger partial charge >= 0.3 is 11.9 Å². The summed E-state index contributed by atoms with van der Waals surface area (Å²) in [6, 6.07) is 0.914. The number of hydrogen-bond donors (Lipinski definition) is 2. The normalized spacial score (nSPS) is 13.1. The van der Waals surface area contributed by atoms with Gasteiger partial charge in [-0.1, -0.05) is 6.42 Å². The van der Waals surface area contributed by atoms with Crippen LogP contribution in [-0.2, 0) is 14.0 Å². The number of carboxylic acid groups (broad SMARTS) is 2. The molecule has 0 rings (SSSR count). The molecule has 0 saturated carbocycles. The van der Waals surface area contributed by atoms with E-state index < -0.39 is 27.6 Å². The molecule has 0 amide bonds. The molecule has 88 valence electrons. The summed E-state index contributed by atoms with van der Waals surface area (Å²) < 4.78 is 5.23. The Morgan fingerprint density at radius 1 is 1.40 bits per heavy atom. The first kappa shape index (κ1) is 14.1. The molecule has 0 aromatic rings. The fourth-order valence-corrected chi connectivity index (χ4v) is 2.25. The predicted molar refractivity (Wildman–Crippen MR) is 57.6 cm³/mol. The summed E-state index contributed by atoms with van der Waals surface area (Å²) in [4.78, 5) is 21.0. The number of carbonyl (C=O) groups is 2. The van der Waals surface area contributed by atoms with Gasteiger partial charge in [-0.05, 0) is 19.4 Å². The number of rotatable bonds is 9. The third-order valence-corrected chi connectivity index (χ3v) is 3.55. The molecule has 0 heterocycles. The van der Waals surface area contributed by atoms with Gasteiger partial charge in [-0.25, -0.2) is 0 Å². The minimum Gasteiger partial charge on any atom is -0.481 e. The zero-order valence-corrected chi connectivity index (χ0v) is 10.4. The molecule has 6 heteroatoms. The first-order valence-corrected chi connectivity index (χ1v) is 6.68. The monoisotopic (exact) mass is 234 g/mol. The lowest BCUT2D eigenvalue weighted by Gasteiger charge is -2.08. The Morgan fingerprint density at radius 2 is 2.07 bits per heavy atom. The van der Waals surface area contributed by atoms with E-state index in [0.29, 0.717) is 13.0 Å². The molecular formula is C9H18O5Si. The molecule has 1 atom stereocenters. The summed E-state index contributed by atoms with van der Waals surface area (Å²) in [5, 5.41) is 17.2. The number of aliphatic carboxylic acids is 2. The number of hydrogen-bond acceptors (Lipinski definition) is 3. The quantitative estimate of drug-likeness (QED) is 0.448. The lowest BCUT2D eigenvalue weighted by atomic mass is 10.0. The van der Waals surface area contributed by atoms with Crippen LogP contribution in [0.2, 0.25) is 6.04 Å². The highest BCUT2D eigenvalue weighted by atomic mass is 28.2. The Kier molecular flexibility index (Phi) is 7.93. The van der Waals surface area contributed by atoms with Crippen LogP contribution in [0.4, 0.5) is 0 Å². The van der Waals surface area contributed by atoms with Gasteiger partial charge in [-0.3, -0.25) is 9.59 Å². The van der Waals surface area contributed by atoms with Crippen LogP contribution >= 0.6 is 0 Å². The van der Waals surface area contributed by atoms with Gasteiger partial charge in [0, 0.05) is 6.61 Å². The largest absolute Gasteiger partial charge is 0.481 e. The van der Waals surface area contributed by atoms with Crippen molar-refractivity contribution in [2.45, 2.75) is 32.2 Å². The third kappa shape index (κ3) is 8.13. The van der Waals surface area contributed by atoms with Crippen LogP contribution in [0.1, 0.15) is 26.2 Å². The predicted octanol–water partition coefficient (Wildman–Crippen LogP) is 0.481. The van der Waals surface area contributed by atoms with Gasteiger partial charge in [0.1, 0.15) is 0 Å². The van der Waals surface area contributed by atoms with Crippen LogP contribution in [0, 0.1) is 5.92 Å². The molecule has 0 aliphatic rings. The van der Waals surface area contributed by atoms with E-state index in [-0.39, 0.29) is 6.42 Å². The molecule has 0 aromatic carbocycles. The van der Waals surface area contributed by atoms with Gasteiger partial charge in [0.05, 0.1) is 12.3 Å². The van der Waals surface area contributed by atoms with E-state index in [9.17, 15) is 9.59 Å². The second-order valence-corrected chi connectivity index (χ2v) is 4.85. The van der Waals surface area contributed by atoms with Crippen molar-refractivity contribution < 1.29 is 24.2 Å². The highest BCUT2D eigenvalue weighted by Crippen LogP contribution is 2.13. The zero-order chi connectivity index (χ0) is 11.7. The van der Waals surface area contributed by atoms with Crippen molar-refractivity contribution in [2.24, 2.45) is 5.92 Å². The molecule has 0 radical (unpaired) electrons. The standard InChI is InChI=1S/C9H18O5Si/c1-2-14-15-5-3-4-7(9(12)13)6-8(10)11/h7H,2-6,15H2,1H3,(H,10,11)(H,12,13). The fraction of sp³-hybridized carbons (Fsp3) is 0.778. The molecule has 0 aliphatic carbocycles. The van der Waals surface area contributed by atoms with Gasteiger partial charge in [0.15, 0.2) is 9.76 Å². The molecule has 1 unspecified atom stereocenters. The average Bonchev–Trinajstić information content (AvgIpc) is 2.15. The van der Waals surface area contributed by atoms with E-state index in [0.717, 1.165) is 12.5 Å². The molecular weight excluding hydrogens is 216 g/mol. The maximum Gasteiger partial charge on any atom is 0.307 e. The van der Waals surface area contributed by atoms with Crippen molar-refractivity contribution in [3.8, 4) is 0 Å². The van der Waals surface area contributed by atoms with E-state index in [2.05, 4.69) is 0 Å². The number of carboxylic acids is 2. The lowest BCUT2D eigenvalue weighted by molar-refractivity contribution is -0.148. The highest BCUT2D eigenvalue weighted by molar-refractivity contribution is 6.26. The lowest BCUT2D eigenvalue weighted by Crippen LogP contribution is -2.17. The van der Waals surface area contributed by atoms with E-state index in [4.69, 9.17) is 14.6 Å². The summed E-state index contributed by atoms with van der Waals surface area (Å²) in [5.41, 5.74) is 0. The smallest absolute Gasteiger partial charge is 0.307 e.